The van der Waals surface area contributed by atoms with E-state index in [2.05, 4.69) is 20.7 Å². The number of hydrogen-bond acceptors (Lipinski definition) is 7. The summed E-state index contributed by atoms with van der Waals surface area (Å²) in [5.41, 5.74) is 2.15. The Morgan fingerprint density at radius 3 is 2.84 bits per heavy atom. The van der Waals surface area contributed by atoms with E-state index in [1.54, 1.807) is 6.07 Å². The predicted molar refractivity (Wildman–Crippen MR) is 66.2 cm³/mol. The Balaban J connectivity index is 2.39. The molecule has 0 aliphatic carbocycles. The molecule has 8 nitrogen and oxygen atoms in total. The molecule has 0 aliphatic rings. The lowest BCUT2D eigenvalue weighted by Gasteiger charge is -2.07. The number of halogens is 1. The van der Waals surface area contributed by atoms with Crippen LogP contribution in [0.15, 0.2) is 30.5 Å². The second-order valence-electron chi connectivity index (χ2n) is 3.46. The SMILES string of the molecule is NNc1ncc([N+](=O)[O-])c(Nc2cccc(F)c2)n1. The molecular formula is C10H9FN6O2. The van der Waals surface area contributed by atoms with Gasteiger partial charge in [-0.25, -0.2) is 15.2 Å². The summed E-state index contributed by atoms with van der Waals surface area (Å²) in [6.45, 7) is 0. The largest absolute Gasteiger partial charge is 0.334 e. The Kier molecular flexibility index (Phi) is 3.48. The van der Waals surface area contributed by atoms with E-state index in [1.807, 2.05) is 0 Å². The first-order valence-electron chi connectivity index (χ1n) is 5.11. The molecule has 2 aromatic rings. The number of nitrogens with one attached hydrogen (secondary N) is 2. The average Bonchev–Trinajstić information content (AvgIpc) is 2.38. The van der Waals surface area contributed by atoms with E-state index in [0.717, 1.165) is 6.20 Å². The fourth-order valence-electron chi connectivity index (χ4n) is 1.37. The minimum absolute atomic E-state index is 0.00417. The summed E-state index contributed by atoms with van der Waals surface area (Å²) in [6, 6.07) is 5.45. The molecule has 98 valence electrons. The lowest BCUT2D eigenvalue weighted by molar-refractivity contribution is -0.384. The number of rotatable bonds is 4. The fraction of sp³-hybridized carbons (Fsp3) is 0. The summed E-state index contributed by atoms with van der Waals surface area (Å²) >= 11 is 0. The highest BCUT2D eigenvalue weighted by molar-refractivity contribution is 5.65. The van der Waals surface area contributed by atoms with Crippen LogP contribution in [0.25, 0.3) is 0 Å². The molecular weight excluding hydrogens is 255 g/mol. The van der Waals surface area contributed by atoms with Gasteiger partial charge in [0.2, 0.25) is 11.8 Å². The van der Waals surface area contributed by atoms with Gasteiger partial charge in [-0.05, 0) is 18.2 Å². The molecule has 9 heteroatoms. The zero-order valence-corrected chi connectivity index (χ0v) is 9.50. The van der Waals surface area contributed by atoms with Crippen LogP contribution in [0.4, 0.5) is 27.5 Å². The number of anilines is 3. The van der Waals surface area contributed by atoms with Gasteiger partial charge in [-0.3, -0.25) is 15.5 Å². The number of nitrogens with two attached hydrogens (primary N) is 1. The molecule has 0 atom stereocenters. The minimum Gasteiger partial charge on any atom is -0.334 e. The van der Waals surface area contributed by atoms with E-state index in [0.29, 0.717) is 5.69 Å². The maximum atomic E-state index is 13.0. The molecule has 1 aromatic carbocycles. The highest BCUT2D eigenvalue weighted by Gasteiger charge is 2.17. The molecule has 0 spiro atoms. The molecule has 19 heavy (non-hydrogen) atoms. The number of benzene rings is 1. The van der Waals surface area contributed by atoms with E-state index in [4.69, 9.17) is 5.84 Å². The topological polar surface area (TPSA) is 119 Å². The van der Waals surface area contributed by atoms with Crippen LogP contribution in [-0.4, -0.2) is 14.9 Å². The van der Waals surface area contributed by atoms with Crippen molar-refractivity contribution < 1.29 is 9.31 Å². The minimum atomic E-state index is -0.651. The first-order chi connectivity index (χ1) is 9.10. The van der Waals surface area contributed by atoms with Crippen molar-refractivity contribution in [3.05, 3.63) is 46.4 Å². The van der Waals surface area contributed by atoms with Crippen molar-refractivity contribution >= 4 is 23.1 Å². The molecule has 0 saturated heterocycles. The number of nitrogens with zero attached hydrogens (tertiary/aromatic N) is 3. The highest BCUT2D eigenvalue weighted by Crippen LogP contribution is 2.25. The Hall–Kier alpha value is -2.81. The first kappa shape index (κ1) is 12.6. The molecule has 0 radical (unpaired) electrons. The van der Waals surface area contributed by atoms with E-state index in [1.165, 1.54) is 18.2 Å². The van der Waals surface area contributed by atoms with Crippen molar-refractivity contribution in [3.63, 3.8) is 0 Å². The first-order valence-corrected chi connectivity index (χ1v) is 5.11. The second-order valence-corrected chi connectivity index (χ2v) is 3.46. The number of nitrogen functional groups attached to an aromatic ring is 1. The Morgan fingerprint density at radius 2 is 2.21 bits per heavy atom. The normalized spacial score (nSPS) is 10.0. The number of hydrogen-bond donors (Lipinski definition) is 3. The smallest absolute Gasteiger partial charge is 0.329 e. The predicted octanol–water partition coefficient (Wildman–Crippen LogP) is 1.55. The van der Waals surface area contributed by atoms with Gasteiger partial charge in [-0.15, -0.1) is 0 Å². The van der Waals surface area contributed by atoms with Crippen molar-refractivity contribution in [1.29, 1.82) is 0 Å². The standard InChI is InChI=1S/C10H9FN6O2/c11-6-2-1-3-7(4-6)14-9-8(17(18)19)5-13-10(15-9)16-12/h1-5H,12H2,(H2,13,14,15,16). The van der Waals surface area contributed by atoms with Gasteiger partial charge in [0, 0.05) is 5.69 Å². The van der Waals surface area contributed by atoms with E-state index >= 15 is 0 Å². The van der Waals surface area contributed by atoms with Crippen LogP contribution in [0.2, 0.25) is 0 Å². The molecule has 0 aliphatic heterocycles. The Labute approximate surface area is 106 Å². The van der Waals surface area contributed by atoms with E-state index in [9.17, 15) is 14.5 Å². The quantitative estimate of drug-likeness (QED) is 0.435. The second kappa shape index (κ2) is 5.23. The van der Waals surface area contributed by atoms with Crippen LogP contribution in [0, 0.1) is 15.9 Å². The van der Waals surface area contributed by atoms with Crippen molar-refractivity contribution in [2.45, 2.75) is 0 Å². The van der Waals surface area contributed by atoms with Gasteiger partial charge in [-0.1, -0.05) is 6.07 Å². The summed E-state index contributed by atoms with van der Waals surface area (Å²) in [7, 11) is 0. The van der Waals surface area contributed by atoms with Gasteiger partial charge in [0.15, 0.2) is 0 Å². The zero-order valence-electron chi connectivity index (χ0n) is 9.50. The monoisotopic (exact) mass is 264 g/mol. The van der Waals surface area contributed by atoms with Crippen molar-refractivity contribution in [2.75, 3.05) is 10.7 Å². The third-order valence-corrected chi connectivity index (χ3v) is 2.18. The molecule has 2 rings (SSSR count). The third kappa shape index (κ3) is 2.90. The van der Waals surface area contributed by atoms with Crippen LogP contribution >= 0.6 is 0 Å². The molecule has 0 bridgehead atoms. The van der Waals surface area contributed by atoms with Gasteiger partial charge < -0.3 is 5.32 Å². The summed E-state index contributed by atoms with van der Waals surface area (Å²) in [4.78, 5) is 17.6. The maximum Gasteiger partial charge on any atom is 0.329 e. The average molecular weight is 264 g/mol. The van der Waals surface area contributed by atoms with Crippen LogP contribution in [0.1, 0.15) is 0 Å². The molecule has 0 amide bonds. The van der Waals surface area contributed by atoms with E-state index in [-0.39, 0.29) is 17.5 Å². The Bertz CT molecular complexity index is 621. The fourth-order valence-corrected chi connectivity index (χ4v) is 1.37. The van der Waals surface area contributed by atoms with E-state index < -0.39 is 10.7 Å². The van der Waals surface area contributed by atoms with Crippen LogP contribution in [0.5, 0.6) is 0 Å². The molecule has 0 unspecified atom stereocenters. The lowest BCUT2D eigenvalue weighted by atomic mass is 10.3. The van der Waals surface area contributed by atoms with Crippen LogP contribution < -0.4 is 16.6 Å². The molecule has 4 N–H and O–H groups in total. The number of nitro groups is 1. The molecule has 0 saturated carbocycles. The third-order valence-electron chi connectivity index (χ3n) is 2.18. The lowest BCUT2D eigenvalue weighted by Crippen LogP contribution is -2.12. The van der Waals surface area contributed by atoms with Crippen molar-refractivity contribution in [1.82, 2.24) is 9.97 Å². The molecule has 1 heterocycles. The van der Waals surface area contributed by atoms with Gasteiger partial charge >= 0.3 is 5.69 Å². The summed E-state index contributed by atoms with van der Waals surface area (Å²) in [6.07, 6.45) is 1.00. The summed E-state index contributed by atoms with van der Waals surface area (Å²) in [5.74, 6) is 4.58. The van der Waals surface area contributed by atoms with Gasteiger partial charge in [0.25, 0.3) is 0 Å². The van der Waals surface area contributed by atoms with Gasteiger partial charge in [0.05, 0.1) is 4.92 Å². The molecule has 0 fully saturated rings. The van der Waals surface area contributed by atoms with Crippen LogP contribution in [-0.2, 0) is 0 Å². The Morgan fingerprint density at radius 1 is 1.42 bits per heavy atom. The number of hydrazine groups is 1. The highest BCUT2D eigenvalue weighted by atomic mass is 19.1. The van der Waals surface area contributed by atoms with Gasteiger partial charge in [0.1, 0.15) is 12.0 Å². The van der Waals surface area contributed by atoms with Crippen LogP contribution in [0.3, 0.4) is 0 Å². The number of aromatic nitrogens is 2. The van der Waals surface area contributed by atoms with Crippen molar-refractivity contribution in [3.8, 4) is 0 Å². The maximum absolute atomic E-state index is 13.0. The zero-order chi connectivity index (χ0) is 13.8. The van der Waals surface area contributed by atoms with Crippen molar-refractivity contribution in [2.24, 2.45) is 5.84 Å². The van der Waals surface area contributed by atoms with Gasteiger partial charge in [-0.2, -0.15) is 4.98 Å². The summed E-state index contributed by atoms with van der Waals surface area (Å²) in [5, 5.41) is 13.5. The molecule has 1 aromatic heterocycles. The summed E-state index contributed by atoms with van der Waals surface area (Å²) < 4.78 is 13.0.